The van der Waals surface area contributed by atoms with Crippen LogP contribution in [0.2, 0.25) is 0 Å². The molecule has 0 unspecified atom stereocenters. The number of aromatic nitrogens is 2. The fourth-order valence-corrected chi connectivity index (χ4v) is 3.04. The Hall–Kier alpha value is -2.28. The van der Waals surface area contributed by atoms with Crippen LogP contribution in [0.1, 0.15) is 23.2 Å². The highest BCUT2D eigenvalue weighted by Gasteiger charge is 2.28. The van der Waals surface area contributed by atoms with Gasteiger partial charge >= 0.3 is 0 Å². The zero-order valence-corrected chi connectivity index (χ0v) is 12.8. The van der Waals surface area contributed by atoms with Gasteiger partial charge in [-0.05, 0) is 25.0 Å². The molecule has 1 N–H and O–H groups in total. The van der Waals surface area contributed by atoms with Gasteiger partial charge in [0.1, 0.15) is 0 Å². The van der Waals surface area contributed by atoms with Crippen molar-refractivity contribution in [1.29, 1.82) is 0 Å². The van der Waals surface area contributed by atoms with Gasteiger partial charge in [-0.15, -0.1) is 11.3 Å². The molecule has 22 heavy (non-hydrogen) atoms. The molecule has 2 aromatic rings. The Labute approximate surface area is 132 Å². The fraction of sp³-hybridized carbons (Fsp3) is 0.333. The lowest BCUT2D eigenvalue weighted by atomic mass is 9.95. The molecule has 1 aliphatic rings. The largest absolute Gasteiger partial charge is 0.339 e. The topological polar surface area (TPSA) is 75.2 Å². The number of nitrogens with zero attached hydrogens (tertiary/aromatic N) is 3. The molecule has 3 heterocycles. The minimum absolute atomic E-state index is 0.0107. The molecule has 1 saturated heterocycles. The van der Waals surface area contributed by atoms with E-state index in [4.69, 9.17) is 0 Å². The summed E-state index contributed by atoms with van der Waals surface area (Å²) in [7, 11) is 0. The van der Waals surface area contributed by atoms with Crippen molar-refractivity contribution in [3.8, 4) is 0 Å². The fourth-order valence-electron chi connectivity index (χ4n) is 2.51. The van der Waals surface area contributed by atoms with E-state index in [-0.39, 0.29) is 17.7 Å². The van der Waals surface area contributed by atoms with E-state index in [9.17, 15) is 9.59 Å². The van der Waals surface area contributed by atoms with Crippen LogP contribution in [0.15, 0.2) is 36.1 Å². The second-order valence-electron chi connectivity index (χ2n) is 5.13. The van der Waals surface area contributed by atoms with E-state index in [2.05, 4.69) is 15.3 Å². The summed E-state index contributed by atoms with van der Waals surface area (Å²) in [4.78, 5) is 34.3. The standard InChI is InChI=1S/C15H16N4O2S/c20-13(18-15-17-6-9-22-15)11-3-7-19(8-4-11)14(21)12-2-1-5-16-10-12/h1-2,5-6,9-11H,3-4,7-8H2,(H,17,18,20). The highest BCUT2D eigenvalue weighted by molar-refractivity contribution is 7.13. The number of carbonyl (C=O) groups is 2. The van der Waals surface area contributed by atoms with Crippen molar-refractivity contribution in [1.82, 2.24) is 14.9 Å². The van der Waals surface area contributed by atoms with Crippen molar-refractivity contribution in [2.24, 2.45) is 5.92 Å². The molecule has 2 aromatic heterocycles. The molecule has 1 aliphatic heterocycles. The van der Waals surface area contributed by atoms with Gasteiger partial charge in [0.05, 0.1) is 5.56 Å². The monoisotopic (exact) mass is 316 g/mol. The summed E-state index contributed by atoms with van der Waals surface area (Å²) in [6.45, 7) is 1.17. The maximum Gasteiger partial charge on any atom is 0.255 e. The lowest BCUT2D eigenvalue weighted by Crippen LogP contribution is -2.41. The Bertz CT molecular complexity index is 637. The SMILES string of the molecule is O=C(Nc1nccs1)C1CCN(C(=O)c2cccnc2)CC1. The first-order chi connectivity index (χ1) is 10.7. The normalized spacial score (nSPS) is 15.5. The van der Waals surface area contributed by atoms with E-state index in [1.165, 1.54) is 11.3 Å². The number of amides is 2. The number of carbonyl (C=O) groups excluding carboxylic acids is 2. The van der Waals surface area contributed by atoms with E-state index in [0.29, 0.717) is 36.6 Å². The van der Waals surface area contributed by atoms with Gasteiger partial charge in [-0.1, -0.05) is 0 Å². The van der Waals surface area contributed by atoms with E-state index in [1.807, 2.05) is 5.38 Å². The summed E-state index contributed by atoms with van der Waals surface area (Å²) in [5, 5.41) is 5.27. The number of rotatable bonds is 3. The Kier molecular flexibility index (Phi) is 4.43. The summed E-state index contributed by atoms with van der Waals surface area (Å²) in [5.41, 5.74) is 0.591. The van der Waals surface area contributed by atoms with Crippen molar-refractivity contribution in [3.05, 3.63) is 41.7 Å². The molecule has 7 heteroatoms. The first-order valence-corrected chi connectivity index (χ1v) is 8.01. The highest BCUT2D eigenvalue weighted by atomic mass is 32.1. The maximum atomic E-state index is 12.3. The summed E-state index contributed by atoms with van der Waals surface area (Å²) < 4.78 is 0. The second kappa shape index (κ2) is 6.65. The average Bonchev–Trinajstić information content (AvgIpc) is 3.08. The molecular formula is C15H16N4O2S. The molecule has 0 spiro atoms. The van der Waals surface area contributed by atoms with E-state index >= 15 is 0 Å². The van der Waals surface area contributed by atoms with E-state index in [1.54, 1.807) is 35.6 Å². The van der Waals surface area contributed by atoms with Crippen molar-refractivity contribution < 1.29 is 9.59 Å². The lowest BCUT2D eigenvalue weighted by molar-refractivity contribution is -0.121. The molecule has 0 radical (unpaired) electrons. The molecule has 6 nitrogen and oxygen atoms in total. The maximum absolute atomic E-state index is 12.3. The number of piperidine rings is 1. The van der Waals surface area contributed by atoms with Gasteiger partial charge in [0.15, 0.2) is 5.13 Å². The van der Waals surface area contributed by atoms with Gasteiger partial charge in [-0.2, -0.15) is 0 Å². The molecule has 0 aromatic carbocycles. The van der Waals surface area contributed by atoms with Crippen LogP contribution in [0, 0.1) is 5.92 Å². The van der Waals surface area contributed by atoms with Crippen molar-refractivity contribution >= 4 is 28.3 Å². The highest BCUT2D eigenvalue weighted by Crippen LogP contribution is 2.21. The minimum Gasteiger partial charge on any atom is -0.339 e. The molecule has 0 bridgehead atoms. The summed E-state index contributed by atoms with van der Waals surface area (Å²) >= 11 is 1.40. The van der Waals surface area contributed by atoms with Crippen molar-refractivity contribution in [3.63, 3.8) is 0 Å². The molecule has 1 fully saturated rings. The number of hydrogen-bond donors (Lipinski definition) is 1. The average molecular weight is 316 g/mol. The van der Waals surface area contributed by atoms with Gasteiger partial charge < -0.3 is 10.2 Å². The zero-order chi connectivity index (χ0) is 15.4. The Morgan fingerprint density at radius 3 is 2.73 bits per heavy atom. The van der Waals surface area contributed by atoms with Gasteiger partial charge in [0.25, 0.3) is 5.91 Å². The number of thiazole rings is 1. The number of likely N-dealkylation sites (tertiary alicyclic amines) is 1. The lowest BCUT2D eigenvalue weighted by Gasteiger charge is -2.31. The summed E-state index contributed by atoms with van der Waals surface area (Å²) in [6, 6.07) is 3.51. The quantitative estimate of drug-likeness (QED) is 0.940. The van der Waals surface area contributed by atoms with Crippen LogP contribution in [-0.2, 0) is 4.79 Å². The van der Waals surface area contributed by atoms with E-state index in [0.717, 1.165) is 0 Å². The van der Waals surface area contributed by atoms with Crippen LogP contribution in [-0.4, -0.2) is 39.8 Å². The predicted molar refractivity (Wildman–Crippen MR) is 83.6 cm³/mol. The van der Waals surface area contributed by atoms with Crippen LogP contribution < -0.4 is 5.32 Å². The summed E-state index contributed by atoms with van der Waals surface area (Å²) in [5.74, 6) is -0.0999. The van der Waals surface area contributed by atoms with Gasteiger partial charge in [-0.25, -0.2) is 4.98 Å². The number of nitrogens with one attached hydrogen (secondary N) is 1. The smallest absolute Gasteiger partial charge is 0.255 e. The van der Waals surface area contributed by atoms with E-state index < -0.39 is 0 Å². The Morgan fingerprint density at radius 2 is 2.09 bits per heavy atom. The molecule has 0 atom stereocenters. The van der Waals surface area contributed by atoms with Crippen molar-refractivity contribution in [2.45, 2.75) is 12.8 Å². The molecule has 0 aliphatic carbocycles. The third kappa shape index (κ3) is 3.30. The van der Waals surface area contributed by atoms with Gasteiger partial charge in [0, 0.05) is 43.0 Å². The second-order valence-corrected chi connectivity index (χ2v) is 6.03. The van der Waals surface area contributed by atoms with Gasteiger partial charge in [0.2, 0.25) is 5.91 Å². The van der Waals surface area contributed by atoms with Crippen LogP contribution in [0.4, 0.5) is 5.13 Å². The Balaban J connectivity index is 1.54. The van der Waals surface area contributed by atoms with Crippen LogP contribution in [0.5, 0.6) is 0 Å². The van der Waals surface area contributed by atoms with Crippen molar-refractivity contribution in [2.75, 3.05) is 18.4 Å². The molecular weight excluding hydrogens is 300 g/mol. The molecule has 114 valence electrons. The third-order valence-corrected chi connectivity index (χ3v) is 4.41. The predicted octanol–water partition coefficient (Wildman–Crippen LogP) is 2.03. The van der Waals surface area contributed by atoms with Gasteiger partial charge in [-0.3, -0.25) is 14.6 Å². The first kappa shape index (κ1) is 14.6. The molecule has 0 saturated carbocycles. The number of pyridine rings is 1. The minimum atomic E-state index is -0.0677. The first-order valence-electron chi connectivity index (χ1n) is 7.13. The van der Waals surface area contributed by atoms with Crippen LogP contribution in [0.3, 0.4) is 0 Å². The third-order valence-electron chi connectivity index (χ3n) is 3.72. The zero-order valence-electron chi connectivity index (χ0n) is 11.9. The molecule has 2 amide bonds. The number of hydrogen-bond acceptors (Lipinski definition) is 5. The Morgan fingerprint density at radius 1 is 1.27 bits per heavy atom. The summed E-state index contributed by atoms with van der Waals surface area (Å²) in [6.07, 6.45) is 6.22. The van der Waals surface area contributed by atoms with Crippen LogP contribution in [0.25, 0.3) is 0 Å². The molecule has 3 rings (SSSR count). The van der Waals surface area contributed by atoms with Crippen LogP contribution >= 0.6 is 11.3 Å². The number of anilines is 1.